The quantitative estimate of drug-likeness (QED) is 0.140. The van der Waals surface area contributed by atoms with Crippen LogP contribution in [0.1, 0.15) is 28.2 Å². The molecule has 0 aliphatic carbocycles. The van der Waals surface area contributed by atoms with Crippen LogP contribution in [0.2, 0.25) is 0 Å². The number of hydrogen-bond donors (Lipinski definition) is 0. The molecule has 49 heavy (non-hydrogen) atoms. The van der Waals surface area contributed by atoms with Gasteiger partial charge in [0.2, 0.25) is 5.91 Å². The molecule has 0 spiro atoms. The lowest BCUT2D eigenvalue weighted by atomic mass is 10.0. The number of para-hydroxylation sites is 1. The molecule has 4 aromatic carbocycles. The fourth-order valence-corrected chi connectivity index (χ4v) is 5.84. The fourth-order valence-electron chi connectivity index (χ4n) is 5.84. The number of hydrogen-bond acceptors (Lipinski definition) is 3. The first-order chi connectivity index (χ1) is 23.5. The topological polar surface area (TPSA) is 60.1 Å². The zero-order chi connectivity index (χ0) is 34.7. The van der Waals surface area contributed by atoms with Gasteiger partial charge in [0.1, 0.15) is 12.4 Å². The third-order valence-electron chi connectivity index (χ3n) is 8.56. The highest BCUT2D eigenvalue weighted by molar-refractivity contribution is 5.83. The molecule has 0 saturated heterocycles. The molecule has 0 unspecified atom stereocenters. The number of halogens is 5. The molecule has 11 heteroatoms. The van der Waals surface area contributed by atoms with Crippen molar-refractivity contribution in [1.29, 1.82) is 0 Å². The molecule has 0 aliphatic heterocycles. The number of carbonyl (C=O) groups excluding carboxylic acids is 1. The summed E-state index contributed by atoms with van der Waals surface area (Å²) in [4.78, 5) is 33.3. The lowest BCUT2D eigenvalue weighted by molar-refractivity contribution is -0.137. The molecular formula is C38H31F5N4O2. The van der Waals surface area contributed by atoms with E-state index in [9.17, 15) is 31.5 Å². The smallest absolute Gasteiger partial charge is 0.337 e. The van der Waals surface area contributed by atoms with Crippen LogP contribution < -0.4 is 5.43 Å². The van der Waals surface area contributed by atoms with E-state index in [0.29, 0.717) is 28.0 Å². The van der Waals surface area contributed by atoms with Crippen LogP contribution in [-0.2, 0) is 50.5 Å². The normalized spacial score (nSPS) is 11.6. The zero-order valence-corrected chi connectivity index (χ0v) is 26.4. The first kappa shape index (κ1) is 33.3. The van der Waals surface area contributed by atoms with E-state index in [2.05, 4.69) is 4.98 Å². The number of fused-ring (bicyclic) bond motifs is 1. The molecule has 6 aromatic rings. The van der Waals surface area contributed by atoms with Crippen LogP contribution in [0.3, 0.4) is 0 Å². The summed E-state index contributed by atoms with van der Waals surface area (Å²) < 4.78 is 71.1. The Bertz CT molecular complexity index is 2170. The maximum absolute atomic E-state index is 14.5. The van der Waals surface area contributed by atoms with Gasteiger partial charge < -0.3 is 14.0 Å². The summed E-state index contributed by atoms with van der Waals surface area (Å²) in [6.45, 7) is 0.224. The highest BCUT2D eigenvalue weighted by Gasteiger charge is 2.30. The van der Waals surface area contributed by atoms with Crippen LogP contribution in [0.25, 0.3) is 22.0 Å². The summed E-state index contributed by atoms with van der Waals surface area (Å²) in [5, 5.41) is 0.422. The molecule has 1 amide bonds. The van der Waals surface area contributed by atoms with E-state index >= 15 is 0 Å². The third kappa shape index (κ3) is 7.45. The minimum absolute atomic E-state index is 0.109. The lowest BCUT2D eigenvalue weighted by Crippen LogP contribution is -2.35. The second-order valence-corrected chi connectivity index (χ2v) is 11.8. The van der Waals surface area contributed by atoms with E-state index in [-0.39, 0.29) is 49.4 Å². The average molecular weight is 671 g/mol. The molecule has 250 valence electrons. The van der Waals surface area contributed by atoms with Crippen LogP contribution in [0.4, 0.5) is 22.0 Å². The van der Waals surface area contributed by atoms with E-state index in [0.717, 1.165) is 29.3 Å². The first-order valence-electron chi connectivity index (χ1n) is 15.5. The zero-order valence-electron chi connectivity index (χ0n) is 26.4. The standard InChI is InChI=1S/C38H31F5N4O2/c1-45-20-19-44-35(45)23-46(22-25-9-11-26(12-10-25)27-13-16-29(17-14-27)38(41,42)43)36(49)24-47-30(18-15-28-5-4-7-32(39)37(28)40)21-34(48)31-6-2-3-8-33(31)47/h2-14,16-17,19-21H,15,18,22-24H2,1H3. The maximum atomic E-state index is 14.5. The Kier molecular flexibility index (Phi) is 9.44. The van der Waals surface area contributed by atoms with Crippen molar-refractivity contribution in [3.63, 3.8) is 0 Å². The molecule has 0 saturated carbocycles. The van der Waals surface area contributed by atoms with Gasteiger partial charge in [-0.05, 0) is 65.4 Å². The van der Waals surface area contributed by atoms with Gasteiger partial charge in [-0.15, -0.1) is 0 Å². The molecular weight excluding hydrogens is 639 g/mol. The van der Waals surface area contributed by atoms with Gasteiger partial charge >= 0.3 is 6.18 Å². The molecule has 0 aliphatic rings. The van der Waals surface area contributed by atoms with Crippen molar-refractivity contribution in [3.05, 3.63) is 160 Å². The summed E-state index contributed by atoms with van der Waals surface area (Å²) in [6.07, 6.45) is -0.727. The second-order valence-electron chi connectivity index (χ2n) is 11.8. The highest BCUT2D eigenvalue weighted by Crippen LogP contribution is 2.31. The first-order valence-corrected chi connectivity index (χ1v) is 15.5. The van der Waals surface area contributed by atoms with Crippen LogP contribution in [0, 0.1) is 11.6 Å². The Morgan fingerprint density at radius 3 is 2.20 bits per heavy atom. The Hall–Kier alpha value is -5.58. The van der Waals surface area contributed by atoms with Gasteiger partial charge in [-0.2, -0.15) is 13.2 Å². The predicted molar refractivity (Wildman–Crippen MR) is 176 cm³/mol. The van der Waals surface area contributed by atoms with Crippen molar-refractivity contribution in [1.82, 2.24) is 19.0 Å². The predicted octanol–water partition coefficient (Wildman–Crippen LogP) is 7.71. The lowest BCUT2D eigenvalue weighted by Gasteiger charge is -2.25. The number of rotatable bonds is 10. The van der Waals surface area contributed by atoms with Crippen molar-refractivity contribution in [2.24, 2.45) is 7.05 Å². The average Bonchev–Trinajstić information content (AvgIpc) is 3.50. The molecule has 0 fully saturated rings. The monoisotopic (exact) mass is 670 g/mol. The van der Waals surface area contributed by atoms with Crippen molar-refractivity contribution in [2.75, 3.05) is 0 Å². The van der Waals surface area contributed by atoms with Crippen LogP contribution in [-0.4, -0.2) is 24.9 Å². The van der Waals surface area contributed by atoms with Crippen LogP contribution >= 0.6 is 0 Å². The number of pyridine rings is 1. The van der Waals surface area contributed by atoms with Gasteiger partial charge in [-0.3, -0.25) is 9.59 Å². The molecule has 0 N–H and O–H groups in total. The summed E-state index contributed by atoms with van der Waals surface area (Å²) in [5.41, 5.74) is 2.35. The summed E-state index contributed by atoms with van der Waals surface area (Å²) in [7, 11) is 1.82. The summed E-state index contributed by atoms with van der Waals surface area (Å²) >= 11 is 0. The number of carbonyl (C=O) groups is 1. The van der Waals surface area contributed by atoms with E-state index < -0.39 is 23.4 Å². The van der Waals surface area contributed by atoms with Crippen molar-refractivity contribution < 1.29 is 26.7 Å². The Morgan fingerprint density at radius 1 is 0.837 bits per heavy atom. The van der Waals surface area contributed by atoms with Gasteiger partial charge in [-0.25, -0.2) is 13.8 Å². The van der Waals surface area contributed by atoms with Gasteiger partial charge in [0.05, 0.1) is 17.6 Å². The maximum Gasteiger partial charge on any atom is 0.416 e. The van der Waals surface area contributed by atoms with Gasteiger partial charge in [0.15, 0.2) is 17.1 Å². The van der Waals surface area contributed by atoms with Gasteiger partial charge in [0, 0.05) is 43.1 Å². The molecule has 0 bridgehead atoms. The Balaban J connectivity index is 1.29. The molecule has 0 radical (unpaired) electrons. The van der Waals surface area contributed by atoms with Gasteiger partial charge in [-0.1, -0.05) is 60.7 Å². The van der Waals surface area contributed by atoms with E-state index in [1.807, 2.05) is 23.7 Å². The molecule has 6 rings (SSSR count). The minimum atomic E-state index is -4.42. The molecule has 2 heterocycles. The molecule has 0 atom stereocenters. The fraction of sp³-hybridized carbons (Fsp3) is 0.184. The van der Waals surface area contributed by atoms with Crippen molar-refractivity contribution in [3.8, 4) is 11.1 Å². The SMILES string of the molecule is Cn1ccnc1CN(Cc1ccc(-c2ccc(C(F)(F)F)cc2)cc1)C(=O)Cn1c(CCc2cccc(F)c2F)cc(=O)c2ccccc21. The molecule has 2 aromatic heterocycles. The van der Waals surface area contributed by atoms with Crippen LogP contribution in [0.5, 0.6) is 0 Å². The van der Waals surface area contributed by atoms with Crippen LogP contribution in [0.15, 0.2) is 114 Å². The van der Waals surface area contributed by atoms with E-state index in [1.165, 1.54) is 30.3 Å². The van der Waals surface area contributed by atoms with E-state index in [4.69, 9.17) is 0 Å². The number of aromatic nitrogens is 3. The van der Waals surface area contributed by atoms with Crippen molar-refractivity contribution in [2.45, 2.75) is 38.7 Å². The second kappa shape index (κ2) is 13.9. The number of benzene rings is 4. The van der Waals surface area contributed by atoms with Crippen molar-refractivity contribution >= 4 is 16.8 Å². The summed E-state index contributed by atoms with van der Waals surface area (Å²) in [6, 6.07) is 24.5. The number of amides is 1. The number of nitrogens with zero attached hydrogens (tertiary/aromatic N) is 4. The minimum Gasteiger partial charge on any atom is -0.337 e. The number of alkyl halides is 3. The highest BCUT2D eigenvalue weighted by atomic mass is 19.4. The number of aryl methyl sites for hydroxylation is 3. The van der Waals surface area contributed by atoms with E-state index in [1.54, 1.807) is 58.3 Å². The summed E-state index contributed by atoms with van der Waals surface area (Å²) in [5.74, 6) is -1.54. The number of imidazole rings is 1. The Labute approximate surface area is 278 Å². The third-order valence-corrected chi connectivity index (χ3v) is 8.56. The van der Waals surface area contributed by atoms with Gasteiger partial charge in [0.25, 0.3) is 0 Å². The largest absolute Gasteiger partial charge is 0.416 e. The Morgan fingerprint density at radius 2 is 1.53 bits per heavy atom. The molecule has 6 nitrogen and oxygen atoms in total.